The van der Waals surface area contributed by atoms with Crippen molar-refractivity contribution in [2.75, 3.05) is 0 Å². The molecule has 0 aliphatic carbocycles. The highest BCUT2D eigenvalue weighted by Crippen LogP contribution is 2.27. The molecule has 0 unspecified atom stereocenters. The minimum absolute atomic E-state index is 0.792. The van der Waals surface area contributed by atoms with Crippen molar-refractivity contribution in [3.63, 3.8) is 0 Å². The summed E-state index contributed by atoms with van der Waals surface area (Å²) in [5, 5.41) is 2.68. The number of para-hydroxylation sites is 2. The average molecular weight is 1410 g/mol. The molecule has 0 saturated heterocycles. The molecular formula is C89H118N16. The van der Waals surface area contributed by atoms with Crippen molar-refractivity contribution in [3.05, 3.63) is 310 Å². The van der Waals surface area contributed by atoms with Crippen LogP contribution in [0.1, 0.15) is 176 Å². The lowest BCUT2D eigenvalue weighted by Crippen LogP contribution is -1.97. The first-order valence-corrected chi connectivity index (χ1v) is 35.6. The van der Waals surface area contributed by atoms with E-state index in [1.54, 1.807) is 6.33 Å². The Morgan fingerprint density at radius 2 is 0.581 bits per heavy atom. The third-order valence-electron chi connectivity index (χ3n) is 17.1. The molecule has 10 aromatic heterocycles. The fourth-order valence-electron chi connectivity index (χ4n) is 10.5. The number of aromatic nitrogens is 16. The number of benzene rings is 3. The topological polar surface area (TPSA) is 198 Å². The lowest BCUT2D eigenvalue weighted by Gasteiger charge is -2.02. The van der Waals surface area contributed by atoms with Gasteiger partial charge in [0.2, 0.25) is 0 Å². The molecule has 0 fully saturated rings. The molecular weight excluding hydrogens is 1290 g/mol. The number of nitrogens with zero attached hydrogens (tertiary/aromatic N) is 16. The van der Waals surface area contributed by atoms with Gasteiger partial charge >= 0.3 is 0 Å². The zero-order chi connectivity index (χ0) is 78.9. The van der Waals surface area contributed by atoms with Crippen LogP contribution in [0.4, 0.5) is 0 Å². The van der Waals surface area contributed by atoms with Crippen molar-refractivity contribution in [2.24, 2.45) is 7.05 Å². The summed E-state index contributed by atoms with van der Waals surface area (Å²) >= 11 is 0. The smallest absolute Gasteiger partial charge is 0.129 e. The lowest BCUT2D eigenvalue weighted by atomic mass is 10.1. The van der Waals surface area contributed by atoms with Gasteiger partial charge in [0.1, 0.15) is 41.3 Å². The highest BCUT2D eigenvalue weighted by Gasteiger charge is 2.06. The van der Waals surface area contributed by atoms with Crippen molar-refractivity contribution in [3.8, 4) is 0 Å². The molecule has 105 heavy (non-hydrogen) atoms. The number of pyridine rings is 4. The molecule has 0 amide bonds. The van der Waals surface area contributed by atoms with Crippen LogP contribution in [0.25, 0.3) is 21.8 Å². The molecule has 13 aromatic rings. The summed E-state index contributed by atoms with van der Waals surface area (Å²) < 4.78 is 2.24. The van der Waals surface area contributed by atoms with Gasteiger partial charge < -0.3 is 4.57 Å². The Morgan fingerprint density at radius 3 is 0.924 bits per heavy atom. The number of aryl methyl sites for hydroxylation is 28. The van der Waals surface area contributed by atoms with Crippen LogP contribution in [0.3, 0.4) is 0 Å². The Labute approximate surface area is 629 Å². The predicted molar refractivity (Wildman–Crippen MR) is 439 cm³/mol. The van der Waals surface area contributed by atoms with Gasteiger partial charge in [-0.25, -0.2) is 54.8 Å². The lowest BCUT2D eigenvalue weighted by molar-refractivity contribution is 0.875. The van der Waals surface area contributed by atoms with E-state index in [9.17, 15) is 0 Å². The maximum Gasteiger partial charge on any atom is 0.129 e. The van der Waals surface area contributed by atoms with Crippen LogP contribution in [0.15, 0.2) is 134 Å². The normalized spacial score (nSPS) is 9.90. The maximum atomic E-state index is 4.27. The molecule has 0 spiro atoms. The quantitative estimate of drug-likeness (QED) is 0.139. The van der Waals surface area contributed by atoms with Gasteiger partial charge in [0.25, 0.3) is 0 Å². The van der Waals surface area contributed by atoms with E-state index in [0.717, 1.165) is 115 Å². The minimum atomic E-state index is 0.792. The number of fused-ring (bicyclic) bond motifs is 3. The maximum absolute atomic E-state index is 4.27. The fraction of sp³-hybridized carbons (Fsp3) is 0.360. The van der Waals surface area contributed by atoms with Gasteiger partial charge in [-0.3, -0.25) is 19.9 Å². The van der Waals surface area contributed by atoms with Gasteiger partial charge in [-0.15, -0.1) is 0 Å². The van der Waals surface area contributed by atoms with Gasteiger partial charge in [-0.1, -0.05) is 60.7 Å². The molecule has 0 saturated carbocycles. The first-order chi connectivity index (χ1) is 49.3. The molecule has 13 rings (SSSR count). The van der Waals surface area contributed by atoms with E-state index in [1.165, 1.54) is 83.0 Å². The van der Waals surface area contributed by atoms with E-state index in [0.29, 0.717) is 0 Å². The third kappa shape index (κ3) is 32.3. The van der Waals surface area contributed by atoms with Crippen molar-refractivity contribution >= 4 is 21.8 Å². The van der Waals surface area contributed by atoms with Gasteiger partial charge in [0.05, 0.1) is 0 Å². The summed E-state index contributed by atoms with van der Waals surface area (Å²) in [6.45, 7) is 62.4. The predicted octanol–water partition coefficient (Wildman–Crippen LogP) is 20.7. The Kier molecular flexibility index (Phi) is 37.2. The van der Waals surface area contributed by atoms with Crippen molar-refractivity contribution in [1.82, 2.24) is 79.3 Å². The largest absolute Gasteiger partial charge is 0.344 e. The Bertz CT molecular complexity index is 4190. The van der Waals surface area contributed by atoms with E-state index in [2.05, 4.69) is 246 Å². The summed E-state index contributed by atoms with van der Waals surface area (Å²) in [5.41, 5.74) is 32.2. The number of hydrogen-bond acceptors (Lipinski definition) is 15. The van der Waals surface area contributed by atoms with Crippen molar-refractivity contribution in [2.45, 2.75) is 215 Å². The van der Waals surface area contributed by atoms with Crippen molar-refractivity contribution < 1.29 is 0 Å². The molecule has 0 aliphatic heterocycles. The number of rotatable bonds is 0. The molecule has 0 atom stereocenters. The second-order valence-electron chi connectivity index (χ2n) is 26.8. The van der Waals surface area contributed by atoms with E-state index in [1.807, 2.05) is 183 Å². The Morgan fingerprint density at radius 1 is 0.229 bits per heavy atom. The van der Waals surface area contributed by atoms with Crippen LogP contribution in [0, 0.1) is 215 Å². The molecule has 10 heterocycles. The summed E-state index contributed by atoms with van der Waals surface area (Å²) in [7, 11) is 2.12. The Hall–Kier alpha value is -10.6. The van der Waals surface area contributed by atoms with Crippen LogP contribution >= 0.6 is 0 Å². The summed E-state index contributed by atoms with van der Waals surface area (Å²) in [5.74, 6) is 4.94. The highest BCUT2D eigenvalue weighted by molar-refractivity contribution is 6.07. The fourth-order valence-corrected chi connectivity index (χ4v) is 10.5. The first kappa shape index (κ1) is 88.6. The van der Waals surface area contributed by atoms with Crippen LogP contribution in [0.5, 0.6) is 0 Å². The third-order valence-corrected chi connectivity index (χ3v) is 17.1. The van der Waals surface area contributed by atoms with Crippen LogP contribution in [-0.4, -0.2) is 79.3 Å². The minimum Gasteiger partial charge on any atom is -0.344 e. The molecule has 16 nitrogen and oxygen atoms in total. The molecule has 0 aliphatic rings. The van der Waals surface area contributed by atoms with E-state index in [4.69, 9.17) is 0 Å². The first-order valence-electron chi connectivity index (χ1n) is 35.6. The standard InChI is InChI=1S/C13H11N.C9H12.C8H12N2.4C8H11N.3C7H10N2.C6H9N3/c1-14-12-8-4-2-6-10(12)11-7-3-5-9-13(11)14;1-7-5-4-6-8(2)9(7)3;1-5-6(2)9-8(4)10-7(5)3;1-6-4-9-5-7(2)8(6)3;2*1-6-4-7(2)9-8(3)5-6;1-6-4-5-7(2)9-8(6)3;1-5-6(2)8-4-9-7(5)3;1-5-4-8-7(3)9-6(5)2;1-5-4-6(2)9-7(3)8-5;1-4-7-5(2)9-6(3)8-4/h2-9H,1H3;4-6H,1-3H3;1-4H3;4*4-5H,1-3H3;3*4H,1-3H3;1-3H3. The van der Waals surface area contributed by atoms with Crippen molar-refractivity contribution in [1.29, 1.82) is 0 Å². The second kappa shape index (κ2) is 44.1. The SMILES string of the molecule is Cc1cc(C)nc(C)c1.Cc1cc(C)nc(C)c1.Cc1cc(C)nc(C)n1.Cc1ccc(C)c(C)n1.Cc1cccc(C)c1C.Cc1cncc(C)c1C.Cc1nc(C)c(C)c(C)n1.Cc1nc(C)nc(C)n1.Cc1ncc(C)c(C)n1.Cc1ncnc(C)c1C.Cn1c2ccccc2c2ccccc21. The van der Waals surface area contributed by atoms with Crippen LogP contribution < -0.4 is 0 Å². The highest BCUT2D eigenvalue weighted by atomic mass is 15.0. The molecule has 16 heteroatoms. The second-order valence-corrected chi connectivity index (χ2v) is 26.8. The van der Waals surface area contributed by atoms with E-state index in [-0.39, 0.29) is 0 Å². The van der Waals surface area contributed by atoms with Crippen LogP contribution in [-0.2, 0) is 7.05 Å². The molecule has 0 radical (unpaired) electrons. The molecule has 0 N–H and O–H groups in total. The molecule has 554 valence electrons. The van der Waals surface area contributed by atoms with Gasteiger partial charge in [0, 0.05) is 121 Å². The van der Waals surface area contributed by atoms with Gasteiger partial charge in [-0.05, 0) is 330 Å². The van der Waals surface area contributed by atoms with E-state index < -0.39 is 0 Å². The van der Waals surface area contributed by atoms with E-state index >= 15 is 0 Å². The molecule has 3 aromatic carbocycles. The average Bonchev–Trinajstić information content (AvgIpc) is 1.62. The summed E-state index contributed by atoms with van der Waals surface area (Å²) in [6, 6.07) is 37.8. The monoisotopic (exact) mass is 1410 g/mol. The van der Waals surface area contributed by atoms with Gasteiger partial charge in [0.15, 0.2) is 0 Å². The zero-order valence-electron chi connectivity index (χ0n) is 69.4. The van der Waals surface area contributed by atoms with Gasteiger partial charge in [-0.2, -0.15) is 0 Å². The molecule has 0 bridgehead atoms. The summed E-state index contributed by atoms with van der Waals surface area (Å²) in [6.07, 6.45) is 7.22. The number of hydrogen-bond donors (Lipinski definition) is 0. The Balaban J connectivity index is 0.000000301. The summed E-state index contributed by atoms with van der Waals surface area (Å²) in [4.78, 5) is 61.8. The zero-order valence-corrected chi connectivity index (χ0v) is 69.4. The van der Waals surface area contributed by atoms with Crippen LogP contribution in [0.2, 0.25) is 0 Å².